The van der Waals surface area contributed by atoms with Crippen LogP contribution in [0.25, 0.3) is 0 Å². The first kappa shape index (κ1) is 18.6. The molecule has 0 saturated carbocycles. The van der Waals surface area contributed by atoms with Gasteiger partial charge in [-0.3, -0.25) is 4.90 Å². The van der Waals surface area contributed by atoms with Crippen molar-refractivity contribution in [2.75, 3.05) is 20.2 Å². The van der Waals surface area contributed by atoms with Gasteiger partial charge < -0.3 is 15.6 Å². The average molecular weight is 380 g/mol. The molecule has 1 aromatic rings. The van der Waals surface area contributed by atoms with E-state index in [0.29, 0.717) is 5.75 Å². The van der Waals surface area contributed by atoms with Crippen LogP contribution in [-0.4, -0.2) is 36.2 Å². The van der Waals surface area contributed by atoms with Gasteiger partial charge in [0.25, 0.3) is 0 Å². The lowest BCUT2D eigenvalue weighted by Crippen LogP contribution is -2.52. The van der Waals surface area contributed by atoms with E-state index < -0.39 is 0 Å². The first-order valence-electron chi connectivity index (χ1n) is 6.87. The third kappa shape index (κ3) is 4.25. The monoisotopic (exact) mass is 378 g/mol. The van der Waals surface area contributed by atoms with Crippen molar-refractivity contribution < 1.29 is 9.84 Å². The maximum atomic E-state index is 9.91. The van der Waals surface area contributed by atoms with Gasteiger partial charge in [-0.05, 0) is 29.5 Å². The van der Waals surface area contributed by atoms with Crippen LogP contribution in [0.2, 0.25) is 0 Å². The second-order valence-corrected chi connectivity index (χ2v) is 7.06. The van der Waals surface area contributed by atoms with Crippen LogP contribution < -0.4 is 10.5 Å². The lowest BCUT2D eigenvalue weighted by atomic mass is 9.79. The Labute approximate surface area is 141 Å². The summed E-state index contributed by atoms with van der Waals surface area (Å²) >= 11 is 3.55. The first-order chi connectivity index (χ1) is 9.33. The number of hydrogen-bond acceptors (Lipinski definition) is 4. The van der Waals surface area contributed by atoms with E-state index >= 15 is 0 Å². The lowest BCUT2D eigenvalue weighted by molar-refractivity contribution is 0.0896. The summed E-state index contributed by atoms with van der Waals surface area (Å²) in [6.45, 7) is 7.18. The second kappa shape index (κ2) is 7.18. The van der Waals surface area contributed by atoms with Crippen molar-refractivity contribution in [3.8, 4) is 11.5 Å². The van der Waals surface area contributed by atoms with Crippen molar-refractivity contribution in [1.82, 2.24) is 4.90 Å². The largest absolute Gasteiger partial charge is 0.504 e. The summed E-state index contributed by atoms with van der Waals surface area (Å²) in [6.07, 6.45) is 1.01. The van der Waals surface area contributed by atoms with E-state index in [-0.39, 0.29) is 29.6 Å². The Balaban J connectivity index is 0.00000220. The van der Waals surface area contributed by atoms with Crippen molar-refractivity contribution in [3.05, 3.63) is 22.2 Å². The molecule has 1 unspecified atom stereocenters. The van der Waals surface area contributed by atoms with Crippen LogP contribution in [0.4, 0.5) is 0 Å². The van der Waals surface area contributed by atoms with Crippen molar-refractivity contribution >= 4 is 28.3 Å². The highest BCUT2D eigenvalue weighted by Gasteiger charge is 2.33. The highest BCUT2D eigenvalue weighted by atomic mass is 79.9. The van der Waals surface area contributed by atoms with Gasteiger partial charge in [0.2, 0.25) is 0 Å². The smallest absolute Gasteiger partial charge is 0.161 e. The molecule has 0 aromatic heterocycles. The van der Waals surface area contributed by atoms with Crippen molar-refractivity contribution in [2.45, 2.75) is 32.9 Å². The SMILES string of the molecule is COc1cc(Br)c(CN2CCC(N)C(C)(C)C2)cc1O.Cl. The number of nitrogens with two attached hydrogens (primary N) is 1. The van der Waals surface area contributed by atoms with Gasteiger partial charge in [-0.1, -0.05) is 29.8 Å². The fourth-order valence-electron chi connectivity index (χ4n) is 2.73. The molecule has 0 spiro atoms. The Hall–Kier alpha value is -0.490. The molecule has 21 heavy (non-hydrogen) atoms. The minimum Gasteiger partial charge on any atom is -0.504 e. The van der Waals surface area contributed by atoms with Crippen LogP contribution in [0.5, 0.6) is 11.5 Å². The van der Waals surface area contributed by atoms with Gasteiger partial charge in [-0.2, -0.15) is 0 Å². The standard InChI is InChI=1S/C15H23BrN2O2.ClH/c1-15(2)9-18(5-4-14(15)17)8-10-6-12(19)13(20-3)7-11(10)16;/h6-7,14,19H,4-5,8-9,17H2,1-3H3;1H. The molecular weight excluding hydrogens is 356 g/mol. The third-order valence-electron chi connectivity index (χ3n) is 4.13. The van der Waals surface area contributed by atoms with Gasteiger partial charge in [0.05, 0.1) is 7.11 Å². The van der Waals surface area contributed by atoms with Crippen LogP contribution in [0, 0.1) is 5.41 Å². The summed E-state index contributed by atoms with van der Waals surface area (Å²) in [7, 11) is 1.55. The molecule has 1 heterocycles. The number of phenols is 1. The van der Waals surface area contributed by atoms with E-state index in [0.717, 1.165) is 36.1 Å². The molecule has 6 heteroatoms. The number of rotatable bonds is 3. The summed E-state index contributed by atoms with van der Waals surface area (Å²) in [4.78, 5) is 2.38. The number of phenolic OH excluding ortho intramolecular Hbond substituents is 1. The number of hydrogen-bond donors (Lipinski definition) is 2. The van der Waals surface area contributed by atoms with Crippen LogP contribution >= 0.6 is 28.3 Å². The molecule has 2 rings (SSSR count). The van der Waals surface area contributed by atoms with Gasteiger partial charge in [0.1, 0.15) is 0 Å². The Morgan fingerprint density at radius 3 is 2.71 bits per heavy atom. The molecule has 4 nitrogen and oxygen atoms in total. The van der Waals surface area contributed by atoms with Gasteiger partial charge >= 0.3 is 0 Å². The minimum atomic E-state index is 0. The highest BCUT2D eigenvalue weighted by Crippen LogP contribution is 2.34. The van der Waals surface area contributed by atoms with Crippen LogP contribution in [0.1, 0.15) is 25.8 Å². The molecule has 120 valence electrons. The molecule has 1 aliphatic rings. The van der Waals surface area contributed by atoms with E-state index in [1.54, 1.807) is 13.2 Å². The number of likely N-dealkylation sites (tertiary alicyclic amines) is 1. The minimum absolute atomic E-state index is 0. The fraction of sp³-hybridized carbons (Fsp3) is 0.600. The van der Waals surface area contributed by atoms with Crippen molar-refractivity contribution in [2.24, 2.45) is 11.1 Å². The first-order valence-corrected chi connectivity index (χ1v) is 7.66. The third-order valence-corrected chi connectivity index (χ3v) is 4.87. The zero-order valence-corrected chi connectivity index (χ0v) is 15.1. The van der Waals surface area contributed by atoms with Crippen LogP contribution in [-0.2, 0) is 6.54 Å². The number of benzene rings is 1. The predicted molar refractivity (Wildman–Crippen MR) is 91.3 cm³/mol. The van der Waals surface area contributed by atoms with E-state index in [2.05, 4.69) is 34.7 Å². The maximum absolute atomic E-state index is 9.91. The summed E-state index contributed by atoms with van der Waals surface area (Å²) < 4.78 is 6.07. The topological polar surface area (TPSA) is 58.7 Å². The number of ether oxygens (including phenoxy) is 1. The number of nitrogens with zero attached hydrogens (tertiary/aromatic N) is 1. The fourth-order valence-corrected chi connectivity index (χ4v) is 3.18. The zero-order chi connectivity index (χ0) is 14.9. The van der Waals surface area contributed by atoms with Gasteiger partial charge in [0, 0.05) is 30.1 Å². The van der Waals surface area contributed by atoms with Crippen LogP contribution in [0.15, 0.2) is 16.6 Å². The van der Waals surface area contributed by atoms with Crippen LogP contribution in [0.3, 0.4) is 0 Å². The molecule has 0 radical (unpaired) electrons. The normalized spacial score (nSPS) is 21.7. The van der Waals surface area contributed by atoms with Crippen molar-refractivity contribution in [1.29, 1.82) is 0 Å². The Kier molecular flexibility index (Phi) is 6.35. The molecule has 0 aliphatic carbocycles. The zero-order valence-electron chi connectivity index (χ0n) is 12.7. The Morgan fingerprint density at radius 2 is 2.14 bits per heavy atom. The summed E-state index contributed by atoms with van der Waals surface area (Å²) in [5, 5.41) is 9.91. The molecular formula is C15H24BrClN2O2. The predicted octanol–water partition coefficient (Wildman–Crippen LogP) is 3.14. The number of methoxy groups -OCH3 is 1. The summed E-state index contributed by atoms with van der Waals surface area (Å²) in [5.74, 6) is 0.667. The average Bonchev–Trinajstić information content (AvgIpc) is 2.37. The Bertz CT molecular complexity index is 497. The molecule has 1 atom stereocenters. The van der Waals surface area contributed by atoms with E-state index in [9.17, 15) is 5.11 Å². The Morgan fingerprint density at radius 1 is 1.48 bits per heavy atom. The second-order valence-electron chi connectivity index (χ2n) is 6.21. The van der Waals surface area contributed by atoms with Crippen molar-refractivity contribution in [3.63, 3.8) is 0 Å². The molecule has 1 aromatic carbocycles. The molecule has 0 bridgehead atoms. The quantitative estimate of drug-likeness (QED) is 0.847. The van der Waals surface area contributed by atoms with Gasteiger partial charge in [0.15, 0.2) is 11.5 Å². The van der Waals surface area contributed by atoms with E-state index in [1.165, 1.54) is 0 Å². The molecule has 0 amide bonds. The highest BCUT2D eigenvalue weighted by molar-refractivity contribution is 9.10. The number of halogens is 2. The van der Waals surface area contributed by atoms with Gasteiger partial charge in [-0.25, -0.2) is 0 Å². The molecule has 1 saturated heterocycles. The maximum Gasteiger partial charge on any atom is 0.161 e. The molecule has 1 fully saturated rings. The van der Waals surface area contributed by atoms with Gasteiger partial charge in [-0.15, -0.1) is 12.4 Å². The molecule has 3 N–H and O–H groups in total. The van der Waals surface area contributed by atoms with E-state index in [1.807, 2.05) is 6.07 Å². The summed E-state index contributed by atoms with van der Waals surface area (Å²) in [5.41, 5.74) is 7.36. The number of aromatic hydroxyl groups is 1. The lowest BCUT2D eigenvalue weighted by Gasteiger charge is -2.42. The molecule has 1 aliphatic heterocycles. The summed E-state index contributed by atoms with van der Waals surface area (Å²) in [6, 6.07) is 3.84. The van der Waals surface area contributed by atoms with E-state index in [4.69, 9.17) is 10.5 Å². The number of piperidine rings is 1.